The number of hydrogen-bond acceptors (Lipinski definition) is 0. The molecular weight excluding hydrogens is 1200 g/mol. The maximum Gasteiger partial charge on any atom is -0.0292 e. The van der Waals surface area contributed by atoms with Crippen molar-refractivity contribution in [2.45, 2.75) is 420 Å². The summed E-state index contributed by atoms with van der Waals surface area (Å²) in [6.45, 7) is 44.2. The summed E-state index contributed by atoms with van der Waals surface area (Å²) >= 11 is 0. The highest BCUT2D eigenvalue weighted by atomic mass is 14.6. The molecule has 28 saturated carbocycles. The van der Waals surface area contributed by atoms with Crippen LogP contribution in [0.25, 0.3) is 0 Å². The second-order valence-electron chi connectivity index (χ2n) is 47.0. The Labute approximate surface area is 626 Å². The molecule has 0 heteroatoms. The molecule has 0 aromatic rings. The minimum Gasteiger partial charge on any atom is -0.0651 e. The topological polar surface area (TPSA) is 0 Å². The van der Waals surface area contributed by atoms with Crippen LogP contribution in [0.2, 0.25) is 0 Å². The van der Waals surface area contributed by atoms with E-state index in [1.807, 2.05) is 0 Å². The van der Waals surface area contributed by atoms with Crippen molar-refractivity contribution in [3.8, 4) is 0 Å². The van der Waals surface area contributed by atoms with E-state index in [9.17, 15) is 0 Å². The maximum atomic E-state index is 2.54. The Hall–Kier alpha value is 0. The van der Waals surface area contributed by atoms with Gasteiger partial charge >= 0.3 is 0 Å². The van der Waals surface area contributed by atoms with Gasteiger partial charge in [0.2, 0.25) is 0 Å². The molecule has 11 unspecified atom stereocenters. The van der Waals surface area contributed by atoms with Gasteiger partial charge in [-0.05, 0) is 473 Å². The fourth-order valence-corrected chi connectivity index (χ4v) is 32.9. The summed E-state index contributed by atoms with van der Waals surface area (Å²) in [6, 6.07) is 0. The molecule has 0 radical (unpaired) electrons. The van der Waals surface area contributed by atoms with Crippen molar-refractivity contribution in [3.05, 3.63) is 0 Å². The van der Waals surface area contributed by atoms with Gasteiger partial charge in [0.1, 0.15) is 0 Å². The van der Waals surface area contributed by atoms with Gasteiger partial charge in [-0.2, -0.15) is 0 Å². The fraction of sp³-hybridized carbons (Fsp3) is 1.00. The van der Waals surface area contributed by atoms with Crippen LogP contribution >= 0.6 is 0 Å². The van der Waals surface area contributed by atoms with Crippen LogP contribution in [0.1, 0.15) is 420 Å². The lowest BCUT2D eigenvalue weighted by Gasteiger charge is -2.56. The quantitative estimate of drug-likeness (QED) is 0.259. The van der Waals surface area contributed by atoms with Crippen molar-refractivity contribution >= 4 is 0 Å². The third kappa shape index (κ3) is 17.3. The van der Waals surface area contributed by atoms with Crippen LogP contribution in [0.15, 0.2) is 0 Å². The molecule has 28 fully saturated rings. The van der Waals surface area contributed by atoms with E-state index >= 15 is 0 Å². The van der Waals surface area contributed by atoms with Gasteiger partial charge < -0.3 is 0 Å². The summed E-state index contributed by atoms with van der Waals surface area (Å²) in [5.74, 6) is 32.7. The zero-order valence-electron chi connectivity index (χ0n) is 70.8. The maximum absolute atomic E-state index is 2.54. The highest BCUT2D eigenvalue weighted by molar-refractivity contribution is 5.04. The highest BCUT2D eigenvalue weighted by Gasteiger charge is 2.54. The van der Waals surface area contributed by atoms with Crippen LogP contribution in [0.5, 0.6) is 0 Å². The molecule has 100 heavy (non-hydrogen) atoms. The second-order valence-corrected chi connectivity index (χ2v) is 47.0. The monoisotopic (exact) mass is 1380 g/mol. The third-order valence-corrected chi connectivity index (χ3v) is 41.0. The Kier molecular flexibility index (Phi) is 25.1. The first-order valence-corrected chi connectivity index (χ1v) is 47.5. The van der Waals surface area contributed by atoms with Crippen LogP contribution in [-0.2, 0) is 0 Å². The molecular formula is C100H176. The zero-order valence-corrected chi connectivity index (χ0v) is 70.8. The molecule has 0 aromatic carbocycles. The number of rotatable bonds is 2. The van der Waals surface area contributed by atoms with Gasteiger partial charge in [-0.3, -0.25) is 0 Å². The van der Waals surface area contributed by atoms with Crippen molar-refractivity contribution in [3.63, 3.8) is 0 Å². The molecule has 576 valence electrons. The molecule has 28 aliphatic carbocycles. The predicted octanol–water partition coefficient (Wildman–Crippen LogP) is 30.9. The number of hydrogen-bond donors (Lipinski definition) is 0. The summed E-state index contributed by atoms with van der Waals surface area (Å²) in [6.07, 6.45) is 71.1. The minimum absolute atomic E-state index is 0.654. The van der Waals surface area contributed by atoms with Crippen molar-refractivity contribution in [1.82, 2.24) is 0 Å². The molecule has 0 aromatic heterocycles. The summed E-state index contributed by atoms with van der Waals surface area (Å²) in [7, 11) is 0. The van der Waals surface area contributed by atoms with Crippen molar-refractivity contribution in [2.75, 3.05) is 0 Å². The van der Waals surface area contributed by atoms with E-state index in [0.29, 0.717) is 10.8 Å². The molecule has 0 amide bonds. The summed E-state index contributed by atoms with van der Waals surface area (Å²) in [5, 5.41) is 0. The first-order chi connectivity index (χ1) is 47.5. The van der Waals surface area contributed by atoms with Gasteiger partial charge in [-0.15, -0.1) is 0 Å². The lowest BCUT2D eigenvalue weighted by molar-refractivity contribution is -0.0545. The normalized spacial score (nSPS) is 53.3. The van der Waals surface area contributed by atoms with Crippen LogP contribution in [0.3, 0.4) is 0 Å². The van der Waals surface area contributed by atoms with Gasteiger partial charge in [-0.25, -0.2) is 0 Å². The van der Waals surface area contributed by atoms with Crippen molar-refractivity contribution in [1.29, 1.82) is 0 Å². The Morgan fingerprint density at radius 3 is 0.910 bits per heavy atom. The van der Waals surface area contributed by atoms with Gasteiger partial charge in [0.05, 0.1) is 0 Å². The molecule has 0 heterocycles. The van der Waals surface area contributed by atoms with Gasteiger partial charge in [-0.1, -0.05) is 157 Å². The highest BCUT2D eigenvalue weighted by Crippen LogP contribution is 2.64. The van der Waals surface area contributed by atoms with Crippen LogP contribution in [-0.4, -0.2) is 0 Å². The SMILES string of the molecule is CC12CC3CC(CC(C3)C1)C2.CC1C2CCC(C2)[C@H]1C.CC1C2CCC(CC2)[C@H]1C.CCC12CC3CC(CC(C3)C1)C2.CCC1CC2CCC1C2.C[C@@H]1C2CCC(C2)C1(C)C.C[C@@H]1C2CCC(CC2)C1(C)C.C[C@H]1CC2CCC1(C)C2.C[C@H]1CC2CCC1(C)CC2.C[C@H]1CC2CCC1CC2. The largest absolute Gasteiger partial charge is 0.0651 e. The zero-order chi connectivity index (χ0) is 70.8. The van der Waals surface area contributed by atoms with Crippen molar-refractivity contribution < 1.29 is 0 Å². The van der Waals surface area contributed by atoms with Crippen molar-refractivity contribution in [2.24, 2.45) is 210 Å². The Morgan fingerprint density at radius 2 is 0.650 bits per heavy atom. The van der Waals surface area contributed by atoms with Crippen LogP contribution < -0.4 is 0 Å². The average molecular weight is 1380 g/mol. The second kappa shape index (κ2) is 32.1. The Balaban J connectivity index is 0.0000000997. The van der Waals surface area contributed by atoms with Crippen LogP contribution in [0.4, 0.5) is 0 Å². The first-order valence-electron chi connectivity index (χ1n) is 47.5. The number of fused-ring (bicyclic) bond motifs is 20. The molecule has 0 saturated heterocycles. The first kappa shape index (κ1) is 78.1. The summed E-state index contributed by atoms with van der Waals surface area (Å²) in [5.41, 5.74) is 4.48. The van der Waals surface area contributed by atoms with E-state index in [0.717, 1.165) is 199 Å². The molecule has 18 atom stereocenters. The lowest BCUT2D eigenvalue weighted by Crippen LogP contribution is -2.45. The van der Waals surface area contributed by atoms with E-state index in [4.69, 9.17) is 0 Å². The molecule has 28 aliphatic rings. The average Bonchev–Trinajstić information content (AvgIpc) is 1.66. The van der Waals surface area contributed by atoms with Gasteiger partial charge in [0.15, 0.2) is 0 Å². The van der Waals surface area contributed by atoms with Crippen LogP contribution in [0, 0.1) is 210 Å². The molecule has 0 aliphatic heterocycles. The summed E-state index contributed by atoms with van der Waals surface area (Å²) < 4.78 is 0. The Bertz CT molecular complexity index is 2380. The van der Waals surface area contributed by atoms with E-state index < -0.39 is 0 Å². The molecule has 0 N–H and O–H groups in total. The Morgan fingerprint density at radius 1 is 0.260 bits per heavy atom. The molecule has 0 spiro atoms. The molecule has 24 bridgehead atoms. The van der Waals surface area contributed by atoms with E-state index in [2.05, 4.69) is 125 Å². The molecule has 0 nitrogen and oxygen atoms in total. The van der Waals surface area contributed by atoms with E-state index in [-0.39, 0.29) is 0 Å². The van der Waals surface area contributed by atoms with E-state index in [1.165, 1.54) is 154 Å². The standard InChI is InChI=1S/C12H20.C11H18.C11H20.3C10H18.4C9H16/c1-2-12-6-9-3-10(7-12)5-11(4-9)8-12;1-11-5-8-2-9(6-11)4-10(3-8)7-11;1-8-9-4-6-10(7-5-9)11(8,2)3;1-7-8-4-5-9(6-8)10(7,2)3;1-8-7-9-3-5-10(8,2)6-4-9;1-7-8(2)10-5-3-9(7)4-6-10;1-7-5-8-3-4-9(7,2)6-8;1-6-7(2)9-4-3-8(6)5-9;1-7-6-8-2-4-9(7)5-3-8;1-2-8-5-7-3-4-9(8)6-7/h9-11H,2-8H2,1H3;8-10H,2-7H2,1H3;8-10H,4-7H2,1-3H3;7-9H,4-6H2,1-3H3;8-9H,3-7H2,1-2H3;7-10H,3-6H2,1-2H3;7-8H,3-6H2,1-2H3;6-9H,3-5H2,1-2H3;2*7-9H,2-6H2,1H3/t;;8-,9?,10?;7-,8?,9?;8-,9?,10?;7-,8?,9?,10?;7-,8?,9?;6-,7?,8?,9?;7-,8?,9?;/m..1100000./s1. The smallest absolute Gasteiger partial charge is 0.0292 e. The predicted molar refractivity (Wildman–Crippen MR) is 434 cm³/mol. The van der Waals surface area contributed by atoms with E-state index in [1.54, 1.807) is 141 Å². The van der Waals surface area contributed by atoms with Gasteiger partial charge in [0, 0.05) is 0 Å². The lowest BCUT2D eigenvalue weighted by atomic mass is 9.49. The van der Waals surface area contributed by atoms with Gasteiger partial charge in [0.25, 0.3) is 0 Å². The fourth-order valence-electron chi connectivity index (χ4n) is 32.9. The third-order valence-electron chi connectivity index (χ3n) is 41.0. The molecule has 28 rings (SSSR count). The minimum atomic E-state index is 0.654. The summed E-state index contributed by atoms with van der Waals surface area (Å²) in [4.78, 5) is 0.